The minimum atomic E-state index is -0.229. The molecule has 0 amide bonds. The lowest BCUT2D eigenvalue weighted by molar-refractivity contribution is 0.122. The molecule has 1 saturated heterocycles. The molecular formula is C23H26FN3O3. The highest BCUT2D eigenvalue weighted by molar-refractivity contribution is 5.92. The predicted octanol–water partition coefficient (Wildman–Crippen LogP) is 3.52. The van der Waals surface area contributed by atoms with E-state index < -0.39 is 0 Å². The first-order valence-corrected chi connectivity index (χ1v) is 10.0. The quantitative estimate of drug-likeness (QED) is 0.642. The van der Waals surface area contributed by atoms with E-state index in [1.54, 1.807) is 26.4 Å². The van der Waals surface area contributed by atoms with Gasteiger partial charge in [-0.1, -0.05) is 12.1 Å². The van der Waals surface area contributed by atoms with Gasteiger partial charge in [-0.3, -0.25) is 0 Å². The molecule has 7 heteroatoms. The second-order valence-corrected chi connectivity index (χ2v) is 7.17. The Morgan fingerprint density at radius 2 is 1.70 bits per heavy atom. The first-order valence-electron chi connectivity index (χ1n) is 10.0. The molecule has 1 aliphatic rings. The van der Waals surface area contributed by atoms with Crippen molar-refractivity contribution >= 4 is 16.7 Å². The van der Waals surface area contributed by atoms with Crippen molar-refractivity contribution in [3.8, 4) is 11.5 Å². The molecule has 1 aliphatic heterocycles. The Bertz CT molecular complexity index is 1000. The lowest BCUT2D eigenvalue weighted by Crippen LogP contribution is -2.37. The topological polar surface area (TPSA) is 55.9 Å². The molecule has 1 N–H and O–H groups in total. The van der Waals surface area contributed by atoms with E-state index in [0.29, 0.717) is 32.1 Å². The van der Waals surface area contributed by atoms with Crippen LogP contribution in [0, 0.1) is 5.82 Å². The molecule has 6 nitrogen and oxygen atoms in total. The van der Waals surface area contributed by atoms with Crippen LogP contribution in [0.5, 0.6) is 11.5 Å². The van der Waals surface area contributed by atoms with Gasteiger partial charge < -0.3 is 24.4 Å². The van der Waals surface area contributed by atoms with Crippen molar-refractivity contribution in [1.29, 1.82) is 0 Å². The maximum absolute atomic E-state index is 13.1. The summed E-state index contributed by atoms with van der Waals surface area (Å²) in [4.78, 5) is 7.24. The van der Waals surface area contributed by atoms with Crippen LogP contribution in [0.1, 0.15) is 11.1 Å². The summed E-state index contributed by atoms with van der Waals surface area (Å²) in [5, 5.41) is 4.36. The second kappa shape index (κ2) is 9.28. The minimum Gasteiger partial charge on any atom is -0.496 e. The fourth-order valence-electron chi connectivity index (χ4n) is 3.71. The number of pyridine rings is 1. The van der Waals surface area contributed by atoms with Crippen molar-refractivity contribution in [3.05, 3.63) is 59.4 Å². The van der Waals surface area contributed by atoms with Crippen LogP contribution in [0.15, 0.2) is 42.5 Å². The largest absolute Gasteiger partial charge is 0.496 e. The van der Waals surface area contributed by atoms with Crippen LogP contribution in [0.4, 0.5) is 10.2 Å². The van der Waals surface area contributed by atoms with Crippen molar-refractivity contribution in [2.45, 2.75) is 13.1 Å². The summed E-state index contributed by atoms with van der Waals surface area (Å²) < 4.78 is 29.8. The van der Waals surface area contributed by atoms with Crippen LogP contribution >= 0.6 is 0 Å². The molecule has 1 aromatic heterocycles. The van der Waals surface area contributed by atoms with Gasteiger partial charge in [0.1, 0.15) is 28.7 Å². The maximum Gasteiger partial charge on any atom is 0.145 e. The molecular weight excluding hydrogens is 385 g/mol. The van der Waals surface area contributed by atoms with E-state index in [-0.39, 0.29) is 5.82 Å². The summed E-state index contributed by atoms with van der Waals surface area (Å²) >= 11 is 0. The van der Waals surface area contributed by atoms with Gasteiger partial charge in [0.25, 0.3) is 0 Å². The molecule has 3 aromatic rings. The Morgan fingerprint density at radius 3 is 2.40 bits per heavy atom. The Balaban J connectivity index is 1.68. The van der Waals surface area contributed by atoms with E-state index >= 15 is 0 Å². The highest BCUT2D eigenvalue weighted by Gasteiger charge is 2.20. The zero-order valence-electron chi connectivity index (χ0n) is 17.3. The Kier molecular flexibility index (Phi) is 6.30. The molecule has 0 bridgehead atoms. The van der Waals surface area contributed by atoms with Gasteiger partial charge >= 0.3 is 0 Å². The number of morpholine rings is 1. The van der Waals surface area contributed by atoms with Crippen LogP contribution in [0.25, 0.3) is 10.9 Å². The smallest absolute Gasteiger partial charge is 0.145 e. The first-order chi connectivity index (χ1) is 14.7. The van der Waals surface area contributed by atoms with Crippen LogP contribution in [-0.4, -0.2) is 45.5 Å². The number of anilines is 1. The van der Waals surface area contributed by atoms with Crippen molar-refractivity contribution in [3.63, 3.8) is 0 Å². The molecule has 158 valence electrons. The number of benzene rings is 2. The average molecular weight is 411 g/mol. The Hall–Kier alpha value is -2.90. The summed E-state index contributed by atoms with van der Waals surface area (Å²) in [6.07, 6.45) is 0. The van der Waals surface area contributed by atoms with Gasteiger partial charge in [0.05, 0.1) is 27.4 Å². The molecule has 30 heavy (non-hydrogen) atoms. The number of aromatic nitrogens is 1. The molecule has 0 atom stereocenters. The lowest BCUT2D eigenvalue weighted by Gasteiger charge is -2.30. The number of halogens is 1. The molecule has 0 unspecified atom stereocenters. The second-order valence-electron chi connectivity index (χ2n) is 7.17. The third-order valence-electron chi connectivity index (χ3n) is 5.27. The number of hydrogen-bond acceptors (Lipinski definition) is 6. The molecule has 1 fully saturated rings. The normalized spacial score (nSPS) is 14.2. The molecule has 0 spiro atoms. The molecule has 0 aliphatic carbocycles. The Labute approximate surface area is 175 Å². The van der Waals surface area contributed by atoms with Gasteiger partial charge in [-0.2, -0.15) is 0 Å². The summed E-state index contributed by atoms with van der Waals surface area (Å²) in [5.74, 6) is 2.16. The zero-order valence-corrected chi connectivity index (χ0v) is 17.3. The standard InChI is InChI=1S/C23H26FN3O3/c1-28-20-7-8-21(29-2)22-19(20)13-17(23(26-22)27-9-11-30-12-10-27)15-25-14-16-3-5-18(24)6-4-16/h3-8,13,25H,9-12,14-15H2,1-2H3. The van der Waals surface area contributed by atoms with E-state index in [2.05, 4.69) is 16.3 Å². The van der Waals surface area contributed by atoms with E-state index in [1.807, 2.05) is 12.1 Å². The van der Waals surface area contributed by atoms with Crippen LogP contribution in [-0.2, 0) is 17.8 Å². The average Bonchev–Trinajstić information content (AvgIpc) is 2.79. The number of hydrogen-bond donors (Lipinski definition) is 1. The summed E-state index contributed by atoms with van der Waals surface area (Å²) in [7, 11) is 3.30. The third-order valence-corrected chi connectivity index (χ3v) is 5.27. The molecule has 4 rings (SSSR count). The van der Waals surface area contributed by atoms with Gasteiger partial charge in [-0.05, 0) is 35.9 Å². The SMILES string of the molecule is COc1ccc(OC)c2nc(N3CCOCC3)c(CNCc3ccc(F)cc3)cc12. The van der Waals surface area contributed by atoms with E-state index in [1.165, 1.54) is 12.1 Å². The van der Waals surface area contributed by atoms with Crippen molar-refractivity contribution in [2.75, 3.05) is 45.4 Å². The Morgan fingerprint density at radius 1 is 1.00 bits per heavy atom. The van der Waals surface area contributed by atoms with Crippen molar-refractivity contribution in [1.82, 2.24) is 10.3 Å². The maximum atomic E-state index is 13.1. The number of ether oxygens (including phenoxy) is 3. The third kappa shape index (κ3) is 4.32. The fourth-order valence-corrected chi connectivity index (χ4v) is 3.71. The van der Waals surface area contributed by atoms with E-state index in [0.717, 1.165) is 46.7 Å². The van der Waals surface area contributed by atoms with Gasteiger partial charge in [0.15, 0.2) is 0 Å². The van der Waals surface area contributed by atoms with Gasteiger partial charge in [-0.25, -0.2) is 9.37 Å². The van der Waals surface area contributed by atoms with Gasteiger partial charge in [0.2, 0.25) is 0 Å². The highest BCUT2D eigenvalue weighted by Crippen LogP contribution is 2.35. The number of nitrogens with one attached hydrogen (secondary N) is 1. The molecule has 2 heterocycles. The summed E-state index contributed by atoms with van der Waals surface area (Å²) in [6, 6.07) is 12.4. The zero-order chi connectivity index (χ0) is 20.9. The number of rotatable bonds is 7. The lowest BCUT2D eigenvalue weighted by atomic mass is 10.1. The van der Waals surface area contributed by atoms with Crippen LogP contribution in [0.3, 0.4) is 0 Å². The van der Waals surface area contributed by atoms with Crippen molar-refractivity contribution < 1.29 is 18.6 Å². The number of methoxy groups -OCH3 is 2. The molecule has 0 radical (unpaired) electrons. The van der Waals surface area contributed by atoms with Crippen LogP contribution in [0.2, 0.25) is 0 Å². The highest BCUT2D eigenvalue weighted by atomic mass is 19.1. The predicted molar refractivity (Wildman–Crippen MR) is 115 cm³/mol. The van der Waals surface area contributed by atoms with Crippen LogP contribution < -0.4 is 19.7 Å². The number of fused-ring (bicyclic) bond motifs is 1. The number of nitrogens with zero attached hydrogens (tertiary/aromatic N) is 2. The monoisotopic (exact) mass is 411 g/mol. The molecule has 2 aromatic carbocycles. The van der Waals surface area contributed by atoms with E-state index in [9.17, 15) is 4.39 Å². The van der Waals surface area contributed by atoms with Gasteiger partial charge in [0, 0.05) is 37.1 Å². The first kappa shape index (κ1) is 20.4. The molecule has 0 saturated carbocycles. The fraction of sp³-hybridized carbons (Fsp3) is 0.348. The van der Waals surface area contributed by atoms with Crippen molar-refractivity contribution in [2.24, 2.45) is 0 Å². The summed E-state index contributed by atoms with van der Waals surface area (Å²) in [5.41, 5.74) is 2.87. The van der Waals surface area contributed by atoms with E-state index in [4.69, 9.17) is 19.2 Å². The van der Waals surface area contributed by atoms with Gasteiger partial charge in [-0.15, -0.1) is 0 Å². The minimum absolute atomic E-state index is 0.229. The summed E-state index contributed by atoms with van der Waals surface area (Å²) in [6.45, 7) is 4.18.